The van der Waals surface area contributed by atoms with Gasteiger partial charge in [0.25, 0.3) is 0 Å². The molecular weight excluding hydrogens is 164 g/mol. The number of nitrogens with one attached hydrogen (secondary N) is 1. The molecule has 1 N–H and O–H groups in total. The van der Waals surface area contributed by atoms with Crippen molar-refractivity contribution in [3.8, 4) is 0 Å². The van der Waals surface area contributed by atoms with Gasteiger partial charge in [0.2, 0.25) is 6.41 Å². The summed E-state index contributed by atoms with van der Waals surface area (Å²) in [5, 5.41) is 2.74. The molecule has 0 bridgehead atoms. The lowest BCUT2D eigenvalue weighted by molar-refractivity contribution is -0.109. The Labute approximate surface area is 77.2 Å². The van der Waals surface area contributed by atoms with E-state index >= 15 is 0 Å². The molecule has 1 heterocycles. The molecule has 13 heavy (non-hydrogen) atoms. The van der Waals surface area contributed by atoms with Crippen LogP contribution in [0.2, 0.25) is 0 Å². The normalized spacial score (nSPS) is 17.8. The first-order valence-electron chi connectivity index (χ1n) is 4.45. The van der Waals surface area contributed by atoms with Crippen LogP contribution in [0.5, 0.6) is 0 Å². The highest BCUT2D eigenvalue weighted by atomic mass is 16.1. The average molecular weight is 176 g/mol. The third-order valence-corrected chi connectivity index (χ3v) is 2.65. The molecule has 1 aliphatic carbocycles. The summed E-state index contributed by atoms with van der Waals surface area (Å²) in [6, 6.07) is 4.02. The highest BCUT2D eigenvalue weighted by Crippen LogP contribution is 2.47. The molecule has 0 unspecified atom stereocenters. The molecule has 1 aliphatic rings. The van der Waals surface area contributed by atoms with Gasteiger partial charge in [-0.25, -0.2) is 0 Å². The van der Waals surface area contributed by atoms with Crippen molar-refractivity contribution in [1.82, 2.24) is 10.3 Å². The Morgan fingerprint density at radius 3 is 3.00 bits per heavy atom. The molecule has 1 aromatic rings. The number of carbonyl (C=O) groups excluding carboxylic acids is 1. The summed E-state index contributed by atoms with van der Waals surface area (Å²) in [7, 11) is 0. The second kappa shape index (κ2) is 3.17. The van der Waals surface area contributed by atoms with Crippen LogP contribution in [0.1, 0.15) is 18.4 Å². The Morgan fingerprint density at radius 1 is 1.62 bits per heavy atom. The highest BCUT2D eigenvalue weighted by Gasteiger charge is 2.43. The molecule has 3 heteroatoms. The third kappa shape index (κ3) is 1.54. The molecule has 0 aliphatic heterocycles. The van der Waals surface area contributed by atoms with Gasteiger partial charge in [0.05, 0.1) is 0 Å². The zero-order chi connectivity index (χ0) is 9.15. The smallest absolute Gasteiger partial charge is 0.207 e. The first-order valence-corrected chi connectivity index (χ1v) is 4.45. The monoisotopic (exact) mass is 176 g/mol. The molecule has 1 saturated carbocycles. The number of aromatic nitrogens is 1. The van der Waals surface area contributed by atoms with Crippen molar-refractivity contribution in [3.63, 3.8) is 0 Å². The summed E-state index contributed by atoms with van der Waals surface area (Å²) in [6.45, 7) is 0.738. The Hall–Kier alpha value is -1.38. The van der Waals surface area contributed by atoms with Gasteiger partial charge < -0.3 is 5.32 Å². The summed E-state index contributed by atoms with van der Waals surface area (Å²) in [4.78, 5) is 14.3. The van der Waals surface area contributed by atoms with Gasteiger partial charge in [0.15, 0.2) is 0 Å². The fourth-order valence-electron chi connectivity index (χ4n) is 1.63. The van der Waals surface area contributed by atoms with Crippen molar-refractivity contribution in [2.75, 3.05) is 6.54 Å². The van der Waals surface area contributed by atoms with Crippen LogP contribution in [0.15, 0.2) is 24.5 Å². The maximum Gasteiger partial charge on any atom is 0.207 e. The summed E-state index contributed by atoms with van der Waals surface area (Å²) in [5.74, 6) is 0. The van der Waals surface area contributed by atoms with E-state index < -0.39 is 0 Å². The molecule has 3 nitrogen and oxygen atoms in total. The molecule has 0 atom stereocenters. The number of rotatable bonds is 4. The number of amides is 1. The molecule has 1 aromatic heterocycles. The van der Waals surface area contributed by atoms with Crippen molar-refractivity contribution in [3.05, 3.63) is 30.1 Å². The van der Waals surface area contributed by atoms with Crippen LogP contribution in [0.3, 0.4) is 0 Å². The lowest BCUT2D eigenvalue weighted by Gasteiger charge is -2.13. The first kappa shape index (κ1) is 8.23. The summed E-state index contributed by atoms with van der Waals surface area (Å²) < 4.78 is 0. The molecule has 2 rings (SSSR count). The predicted molar refractivity (Wildman–Crippen MR) is 49.2 cm³/mol. The lowest BCUT2D eigenvalue weighted by atomic mass is 9.98. The quantitative estimate of drug-likeness (QED) is 0.691. The van der Waals surface area contributed by atoms with Crippen LogP contribution in [0.4, 0.5) is 0 Å². The molecule has 68 valence electrons. The van der Waals surface area contributed by atoms with E-state index in [1.165, 1.54) is 5.56 Å². The van der Waals surface area contributed by atoms with Crippen molar-refractivity contribution in [2.24, 2.45) is 0 Å². The zero-order valence-electron chi connectivity index (χ0n) is 7.36. The van der Waals surface area contributed by atoms with Gasteiger partial charge in [-0.2, -0.15) is 0 Å². The maximum absolute atomic E-state index is 10.2. The van der Waals surface area contributed by atoms with Crippen molar-refractivity contribution in [2.45, 2.75) is 18.3 Å². The largest absolute Gasteiger partial charge is 0.358 e. The van der Waals surface area contributed by atoms with Gasteiger partial charge in [-0.05, 0) is 24.5 Å². The minimum Gasteiger partial charge on any atom is -0.358 e. The first-order chi connectivity index (χ1) is 6.37. The molecule has 0 aromatic carbocycles. The Bertz CT molecular complexity index is 293. The van der Waals surface area contributed by atoms with Crippen LogP contribution in [-0.2, 0) is 10.2 Å². The van der Waals surface area contributed by atoms with Crippen LogP contribution in [0, 0.1) is 0 Å². The fraction of sp³-hybridized carbons (Fsp3) is 0.400. The third-order valence-electron chi connectivity index (χ3n) is 2.65. The van der Waals surface area contributed by atoms with Crippen molar-refractivity contribution < 1.29 is 4.79 Å². The predicted octanol–water partition coefficient (Wildman–Crippen LogP) is 0.859. The van der Waals surface area contributed by atoms with Gasteiger partial charge in [-0.3, -0.25) is 9.78 Å². The SMILES string of the molecule is O=CNCC1(c2cccnc2)CC1. The Kier molecular flexibility index (Phi) is 2.00. The Balaban J connectivity index is 2.11. The van der Waals surface area contributed by atoms with Crippen molar-refractivity contribution >= 4 is 6.41 Å². The average Bonchev–Trinajstić information content (AvgIpc) is 2.97. The lowest BCUT2D eigenvalue weighted by Crippen LogP contribution is -2.25. The summed E-state index contributed by atoms with van der Waals surface area (Å²) >= 11 is 0. The number of hydrogen-bond acceptors (Lipinski definition) is 2. The van der Waals surface area contributed by atoms with Crippen LogP contribution in [-0.4, -0.2) is 17.9 Å². The molecule has 0 radical (unpaired) electrons. The molecule has 0 saturated heterocycles. The van der Waals surface area contributed by atoms with Gasteiger partial charge in [-0.1, -0.05) is 6.07 Å². The number of nitrogens with zero attached hydrogens (tertiary/aromatic N) is 1. The molecule has 0 spiro atoms. The van der Waals surface area contributed by atoms with Gasteiger partial charge in [0.1, 0.15) is 0 Å². The maximum atomic E-state index is 10.2. The van der Waals surface area contributed by atoms with E-state index in [-0.39, 0.29) is 5.41 Å². The fourth-order valence-corrected chi connectivity index (χ4v) is 1.63. The number of pyridine rings is 1. The van der Waals surface area contributed by atoms with Crippen LogP contribution < -0.4 is 5.32 Å². The van der Waals surface area contributed by atoms with E-state index in [0.717, 1.165) is 25.8 Å². The molecule has 1 fully saturated rings. The van der Waals surface area contributed by atoms with Gasteiger partial charge >= 0.3 is 0 Å². The van der Waals surface area contributed by atoms with E-state index in [1.54, 1.807) is 6.20 Å². The second-order valence-electron chi connectivity index (χ2n) is 3.52. The number of carbonyl (C=O) groups is 1. The van der Waals surface area contributed by atoms with E-state index in [9.17, 15) is 4.79 Å². The minimum atomic E-state index is 0.190. The van der Waals surface area contributed by atoms with E-state index in [1.807, 2.05) is 12.3 Å². The topological polar surface area (TPSA) is 42.0 Å². The number of hydrogen-bond donors (Lipinski definition) is 1. The summed E-state index contributed by atoms with van der Waals surface area (Å²) in [5.41, 5.74) is 1.43. The standard InChI is InChI=1S/C10H12N2O/c13-8-12-7-10(3-4-10)9-2-1-5-11-6-9/h1-2,5-6,8H,3-4,7H2,(H,12,13). The Morgan fingerprint density at radius 2 is 2.46 bits per heavy atom. The molecular formula is C10H12N2O. The highest BCUT2D eigenvalue weighted by molar-refractivity contribution is 5.47. The van der Waals surface area contributed by atoms with Gasteiger partial charge in [-0.15, -0.1) is 0 Å². The molecule has 1 amide bonds. The van der Waals surface area contributed by atoms with Crippen LogP contribution in [0.25, 0.3) is 0 Å². The van der Waals surface area contributed by atoms with E-state index in [4.69, 9.17) is 0 Å². The van der Waals surface area contributed by atoms with E-state index in [0.29, 0.717) is 0 Å². The van der Waals surface area contributed by atoms with E-state index in [2.05, 4.69) is 16.4 Å². The second-order valence-corrected chi connectivity index (χ2v) is 3.52. The minimum absolute atomic E-state index is 0.190. The van der Waals surface area contributed by atoms with Gasteiger partial charge in [0, 0.05) is 24.4 Å². The zero-order valence-corrected chi connectivity index (χ0v) is 7.36. The van der Waals surface area contributed by atoms with Crippen molar-refractivity contribution in [1.29, 1.82) is 0 Å². The summed E-state index contributed by atoms with van der Waals surface area (Å²) in [6.07, 6.45) is 6.72. The van der Waals surface area contributed by atoms with Crippen LogP contribution >= 0.6 is 0 Å².